The van der Waals surface area contributed by atoms with Gasteiger partial charge in [-0.1, -0.05) is 18.5 Å². The van der Waals surface area contributed by atoms with Gasteiger partial charge in [-0.2, -0.15) is 4.98 Å². The van der Waals surface area contributed by atoms with Crippen molar-refractivity contribution in [3.63, 3.8) is 0 Å². The van der Waals surface area contributed by atoms with E-state index in [1.807, 2.05) is 24.3 Å². The van der Waals surface area contributed by atoms with Crippen LogP contribution in [0.2, 0.25) is 5.02 Å². The highest BCUT2D eigenvalue weighted by Gasteiger charge is 2.16. The predicted octanol–water partition coefficient (Wildman–Crippen LogP) is 4.38. The Labute approximate surface area is 186 Å². The molecule has 0 saturated carbocycles. The Bertz CT molecular complexity index is 846. The molecule has 0 amide bonds. The van der Waals surface area contributed by atoms with Crippen LogP contribution in [0.3, 0.4) is 0 Å². The van der Waals surface area contributed by atoms with Crippen molar-refractivity contribution in [1.29, 1.82) is 0 Å². The van der Waals surface area contributed by atoms with Crippen molar-refractivity contribution in [1.82, 2.24) is 9.97 Å². The Hall–Kier alpha value is -2.78. The maximum atomic E-state index is 10.6. The standard InChI is InChI=1S/C21H28ClN5O4/c1-2-9-27(10-12-31-21(28)29)16-7-5-15(6-8-16)25-20-24-14-18(22)19(26-20)23-13-17-4-3-11-30-17/h5-8,14,17H,2-4,9-13H2,1H3,(H,28,29)(H2,23,24,25,26). The summed E-state index contributed by atoms with van der Waals surface area (Å²) < 4.78 is 10.3. The number of nitrogens with one attached hydrogen (secondary N) is 2. The van der Waals surface area contributed by atoms with E-state index in [9.17, 15) is 4.79 Å². The Morgan fingerprint density at radius 2 is 2.16 bits per heavy atom. The fourth-order valence-electron chi connectivity index (χ4n) is 3.33. The second kappa shape index (κ2) is 11.6. The fourth-order valence-corrected chi connectivity index (χ4v) is 3.49. The summed E-state index contributed by atoms with van der Waals surface area (Å²) >= 11 is 6.22. The second-order valence-electron chi connectivity index (χ2n) is 7.18. The largest absolute Gasteiger partial charge is 0.505 e. The quantitative estimate of drug-likeness (QED) is 0.430. The molecule has 31 heavy (non-hydrogen) atoms. The van der Waals surface area contributed by atoms with Gasteiger partial charge in [0.05, 0.1) is 18.8 Å². The van der Waals surface area contributed by atoms with Crippen molar-refractivity contribution in [2.75, 3.05) is 48.4 Å². The third kappa shape index (κ3) is 7.15. The molecule has 1 unspecified atom stereocenters. The van der Waals surface area contributed by atoms with E-state index in [2.05, 4.69) is 37.2 Å². The number of anilines is 4. The Kier molecular flexibility index (Phi) is 8.54. The maximum Gasteiger partial charge on any atom is 0.505 e. The SMILES string of the molecule is CCCN(CCOC(=O)O)c1ccc(Nc2ncc(Cl)c(NCC3CCCO3)n2)cc1. The van der Waals surface area contributed by atoms with Crippen LogP contribution >= 0.6 is 11.6 Å². The number of aromatic nitrogens is 2. The number of halogens is 1. The highest BCUT2D eigenvalue weighted by Crippen LogP contribution is 2.24. The molecule has 1 saturated heterocycles. The van der Waals surface area contributed by atoms with Crippen LogP contribution in [0.15, 0.2) is 30.5 Å². The van der Waals surface area contributed by atoms with Gasteiger partial charge in [-0.25, -0.2) is 9.78 Å². The van der Waals surface area contributed by atoms with E-state index in [0.29, 0.717) is 29.9 Å². The van der Waals surface area contributed by atoms with Crippen LogP contribution in [-0.4, -0.2) is 60.2 Å². The van der Waals surface area contributed by atoms with E-state index in [1.54, 1.807) is 6.20 Å². The van der Waals surface area contributed by atoms with Crippen LogP contribution < -0.4 is 15.5 Å². The summed E-state index contributed by atoms with van der Waals surface area (Å²) in [5.41, 5.74) is 1.81. The number of rotatable bonds is 11. The summed E-state index contributed by atoms with van der Waals surface area (Å²) in [7, 11) is 0. The lowest BCUT2D eigenvalue weighted by molar-refractivity contribution is 0.0939. The van der Waals surface area contributed by atoms with Gasteiger partial charge in [0.25, 0.3) is 0 Å². The van der Waals surface area contributed by atoms with E-state index in [4.69, 9.17) is 21.4 Å². The van der Waals surface area contributed by atoms with Crippen molar-refractivity contribution in [2.24, 2.45) is 0 Å². The lowest BCUT2D eigenvalue weighted by Gasteiger charge is -2.24. The maximum absolute atomic E-state index is 10.6. The summed E-state index contributed by atoms with van der Waals surface area (Å²) in [4.78, 5) is 21.4. The third-order valence-electron chi connectivity index (χ3n) is 4.83. The number of hydrogen-bond acceptors (Lipinski definition) is 8. The van der Waals surface area contributed by atoms with Crippen molar-refractivity contribution in [2.45, 2.75) is 32.3 Å². The molecule has 0 aliphatic carbocycles. The average Bonchev–Trinajstić information content (AvgIpc) is 3.27. The van der Waals surface area contributed by atoms with Gasteiger partial charge in [0.1, 0.15) is 11.6 Å². The van der Waals surface area contributed by atoms with Crippen LogP contribution in [0.25, 0.3) is 0 Å². The number of benzene rings is 1. The normalized spacial score (nSPS) is 15.5. The van der Waals surface area contributed by atoms with Gasteiger partial charge in [0, 0.05) is 31.1 Å². The molecule has 1 atom stereocenters. The van der Waals surface area contributed by atoms with Crippen molar-refractivity contribution in [3.05, 3.63) is 35.5 Å². The lowest BCUT2D eigenvalue weighted by Crippen LogP contribution is -2.28. The highest BCUT2D eigenvalue weighted by molar-refractivity contribution is 6.32. The number of carbonyl (C=O) groups is 1. The topological polar surface area (TPSA) is 109 Å². The summed E-state index contributed by atoms with van der Waals surface area (Å²) in [6.07, 6.45) is 3.53. The Balaban J connectivity index is 1.60. The first-order valence-electron chi connectivity index (χ1n) is 10.4. The molecule has 2 heterocycles. The van der Waals surface area contributed by atoms with Gasteiger partial charge < -0.3 is 30.1 Å². The Morgan fingerprint density at radius 1 is 1.35 bits per heavy atom. The average molecular weight is 450 g/mol. The minimum Gasteiger partial charge on any atom is -0.450 e. The molecule has 1 aliphatic heterocycles. The molecule has 1 aromatic heterocycles. The first-order valence-corrected chi connectivity index (χ1v) is 10.8. The van der Waals surface area contributed by atoms with E-state index < -0.39 is 6.16 Å². The summed E-state index contributed by atoms with van der Waals surface area (Å²) in [5.74, 6) is 1.01. The monoisotopic (exact) mass is 449 g/mol. The van der Waals surface area contributed by atoms with Gasteiger partial charge in [0.15, 0.2) is 5.82 Å². The van der Waals surface area contributed by atoms with Crippen LogP contribution in [0.5, 0.6) is 0 Å². The molecule has 1 aliphatic rings. The fraction of sp³-hybridized carbons (Fsp3) is 0.476. The number of carboxylic acid groups (broad SMARTS) is 1. The third-order valence-corrected chi connectivity index (χ3v) is 5.11. The van der Waals surface area contributed by atoms with E-state index in [0.717, 1.165) is 43.8 Å². The second-order valence-corrected chi connectivity index (χ2v) is 7.59. The molecular weight excluding hydrogens is 422 g/mol. The summed E-state index contributed by atoms with van der Waals surface area (Å²) in [6, 6.07) is 7.78. The number of nitrogens with zero attached hydrogens (tertiary/aromatic N) is 3. The molecule has 9 nitrogen and oxygen atoms in total. The molecular formula is C21H28ClN5O4. The van der Waals surface area contributed by atoms with Crippen LogP contribution in [-0.2, 0) is 9.47 Å². The highest BCUT2D eigenvalue weighted by atomic mass is 35.5. The zero-order chi connectivity index (χ0) is 22.1. The Morgan fingerprint density at radius 3 is 2.84 bits per heavy atom. The molecule has 168 valence electrons. The molecule has 0 bridgehead atoms. The molecule has 0 spiro atoms. The molecule has 3 N–H and O–H groups in total. The minimum absolute atomic E-state index is 0.121. The van der Waals surface area contributed by atoms with E-state index in [-0.39, 0.29) is 12.7 Å². The first kappa shape index (κ1) is 22.9. The van der Waals surface area contributed by atoms with Crippen LogP contribution in [0, 0.1) is 0 Å². The predicted molar refractivity (Wildman–Crippen MR) is 121 cm³/mol. The van der Waals surface area contributed by atoms with Gasteiger partial charge in [0.2, 0.25) is 5.95 Å². The lowest BCUT2D eigenvalue weighted by atomic mass is 10.2. The van der Waals surface area contributed by atoms with E-state index >= 15 is 0 Å². The van der Waals surface area contributed by atoms with Gasteiger partial charge in [-0.05, 0) is 43.5 Å². The summed E-state index contributed by atoms with van der Waals surface area (Å²) in [5, 5.41) is 15.5. The zero-order valence-electron chi connectivity index (χ0n) is 17.5. The summed E-state index contributed by atoms with van der Waals surface area (Å²) in [6.45, 7) is 4.94. The molecule has 10 heteroatoms. The molecule has 0 radical (unpaired) electrons. The number of ether oxygens (including phenoxy) is 2. The first-order chi connectivity index (χ1) is 15.0. The van der Waals surface area contributed by atoms with Gasteiger partial charge >= 0.3 is 6.16 Å². The zero-order valence-corrected chi connectivity index (χ0v) is 18.3. The van der Waals surface area contributed by atoms with Crippen molar-refractivity contribution in [3.8, 4) is 0 Å². The molecule has 3 rings (SSSR count). The molecule has 1 fully saturated rings. The van der Waals surface area contributed by atoms with E-state index in [1.165, 1.54) is 0 Å². The van der Waals surface area contributed by atoms with Crippen LogP contribution in [0.4, 0.5) is 27.9 Å². The van der Waals surface area contributed by atoms with Crippen molar-refractivity contribution >= 4 is 40.9 Å². The minimum atomic E-state index is -1.26. The smallest absolute Gasteiger partial charge is 0.450 e. The van der Waals surface area contributed by atoms with Crippen molar-refractivity contribution < 1.29 is 19.4 Å². The molecule has 1 aromatic carbocycles. The molecule has 2 aromatic rings. The van der Waals surface area contributed by atoms with Crippen LogP contribution in [0.1, 0.15) is 26.2 Å². The van der Waals surface area contributed by atoms with Gasteiger partial charge in [-0.15, -0.1) is 0 Å². The van der Waals surface area contributed by atoms with Gasteiger partial charge in [-0.3, -0.25) is 0 Å². The number of hydrogen-bond donors (Lipinski definition) is 3.